The van der Waals surface area contributed by atoms with E-state index in [0.29, 0.717) is 27.0 Å². The molecule has 3 aromatic rings. The molecule has 0 bridgehead atoms. The van der Waals surface area contributed by atoms with E-state index >= 15 is 0 Å². The number of rotatable bonds is 4. The molecule has 0 aliphatic rings. The van der Waals surface area contributed by atoms with Gasteiger partial charge < -0.3 is 9.26 Å². The van der Waals surface area contributed by atoms with Crippen molar-refractivity contribution in [2.45, 2.75) is 6.61 Å². The molecule has 0 saturated carbocycles. The topological polar surface area (TPSA) is 48.2 Å². The van der Waals surface area contributed by atoms with Crippen LogP contribution in [-0.4, -0.2) is 16.8 Å². The molecule has 0 unspecified atom stereocenters. The Bertz CT molecular complexity index is 823. The molecular formula is C15H8Cl2F2N2O2. The van der Waals surface area contributed by atoms with Crippen molar-refractivity contribution in [3.05, 3.63) is 52.5 Å². The van der Waals surface area contributed by atoms with Crippen LogP contribution in [0.5, 0.6) is 5.75 Å². The molecule has 0 aliphatic heterocycles. The van der Waals surface area contributed by atoms with Crippen molar-refractivity contribution < 1.29 is 18.0 Å². The number of hydrogen-bond acceptors (Lipinski definition) is 4. The van der Waals surface area contributed by atoms with Gasteiger partial charge in [0.15, 0.2) is 0 Å². The lowest BCUT2D eigenvalue weighted by Crippen LogP contribution is -2.01. The third-order valence-corrected chi connectivity index (χ3v) is 3.47. The van der Waals surface area contributed by atoms with E-state index in [1.807, 2.05) is 0 Å². The highest BCUT2D eigenvalue weighted by molar-refractivity contribution is 6.36. The molecule has 1 aromatic heterocycles. The van der Waals surface area contributed by atoms with E-state index in [1.54, 1.807) is 30.3 Å². The second-order valence-corrected chi connectivity index (χ2v) is 5.29. The van der Waals surface area contributed by atoms with Crippen molar-refractivity contribution in [1.82, 2.24) is 10.1 Å². The van der Waals surface area contributed by atoms with Crippen molar-refractivity contribution in [2.75, 3.05) is 0 Å². The lowest BCUT2D eigenvalue weighted by Gasteiger charge is -2.03. The molecular weight excluding hydrogens is 349 g/mol. The first kappa shape index (κ1) is 15.7. The highest BCUT2D eigenvalue weighted by Crippen LogP contribution is 2.30. The zero-order chi connectivity index (χ0) is 16.4. The number of aromatic nitrogens is 2. The van der Waals surface area contributed by atoms with Gasteiger partial charge in [0, 0.05) is 16.1 Å². The normalized spacial score (nSPS) is 11.0. The van der Waals surface area contributed by atoms with Crippen LogP contribution in [0.2, 0.25) is 10.0 Å². The minimum absolute atomic E-state index is 0.0456. The van der Waals surface area contributed by atoms with E-state index in [4.69, 9.17) is 27.7 Å². The molecule has 0 N–H and O–H groups in total. The SMILES string of the molecule is FC(F)Oc1ccc(-c2nc(-c3ccc(Cl)cc3Cl)no2)cc1. The highest BCUT2D eigenvalue weighted by Gasteiger charge is 2.14. The number of nitrogens with zero attached hydrogens (tertiary/aromatic N) is 2. The van der Waals surface area contributed by atoms with Crippen LogP contribution in [-0.2, 0) is 0 Å². The Hall–Kier alpha value is -2.18. The summed E-state index contributed by atoms with van der Waals surface area (Å²) in [5.74, 6) is 0.577. The summed E-state index contributed by atoms with van der Waals surface area (Å²) < 4.78 is 33.7. The number of alkyl halides is 2. The van der Waals surface area contributed by atoms with Gasteiger partial charge >= 0.3 is 6.61 Å². The maximum atomic E-state index is 12.1. The Balaban J connectivity index is 1.86. The first-order valence-electron chi connectivity index (χ1n) is 6.37. The molecule has 0 radical (unpaired) electrons. The van der Waals surface area contributed by atoms with E-state index in [0.717, 1.165) is 0 Å². The molecule has 0 aliphatic carbocycles. The average molecular weight is 357 g/mol. The smallest absolute Gasteiger partial charge is 0.387 e. The maximum absolute atomic E-state index is 12.1. The number of benzene rings is 2. The van der Waals surface area contributed by atoms with Gasteiger partial charge in [-0.05, 0) is 42.5 Å². The average Bonchev–Trinajstić information content (AvgIpc) is 2.97. The Morgan fingerprint density at radius 3 is 2.43 bits per heavy atom. The van der Waals surface area contributed by atoms with Crippen molar-refractivity contribution in [3.63, 3.8) is 0 Å². The number of halogens is 4. The van der Waals surface area contributed by atoms with Gasteiger partial charge in [-0.15, -0.1) is 0 Å². The van der Waals surface area contributed by atoms with Crippen LogP contribution in [0, 0.1) is 0 Å². The van der Waals surface area contributed by atoms with Gasteiger partial charge in [0.25, 0.3) is 5.89 Å². The van der Waals surface area contributed by atoms with Crippen LogP contribution in [0.15, 0.2) is 47.0 Å². The molecule has 1 heterocycles. The van der Waals surface area contributed by atoms with Crippen LogP contribution < -0.4 is 4.74 Å². The van der Waals surface area contributed by atoms with Crippen molar-refractivity contribution in [3.8, 4) is 28.6 Å². The second-order valence-electron chi connectivity index (χ2n) is 4.45. The summed E-state index contributed by atoms with van der Waals surface area (Å²) in [5.41, 5.74) is 1.14. The molecule has 8 heteroatoms. The summed E-state index contributed by atoms with van der Waals surface area (Å²) in [6.07, 6.45) is 0. The fourth-order valence-corrected chi connectivity index (χ4v) is 2.39. The van der Waals surface area contributed by atoms with E-state index in [2.05, 4.69) is 14.9 Å². The van der Waals surface area contributed by atoms with Crippen molar-refractivity contribution in [2.24, 2.45) is 0 Å². The van der Waals surface area contributed by atoms with E-state index < -0.39 is 6.61 Å². The Morgan fingerprint density at radius 2 is 1.78 bits per heavy atom. The summed E-state index contributed by atoms with van der Waals surface area (Å²) in [6.45, 7) is -2.87. The fourth-order valence-electron chi connectivity index (χ4n) is 1.90. The highest BCUT2D eigenvalue weighted by atomic mass is 35.5. The monoisotopic (exact) mass is 356 g/mol. The van der Waals surface area contributed by atoms with Gasteiger partial charge in [-0.2, -0.15) is 13.8 Å². The lowest BCUT2D eigenvalue weighted by atomic mass is 10.2. The number of ether oxygens (including phenoxy) is 1. The summed E-state index contributed by atoms with van der Waals surface area (Å²) in [4.78, 5) is 4.24. The standard InChI is InChI=1S/C15H8Cl2F2N2O2/c16-9-3-6-11(12(17)7-9)13-20-14(23-21-13)8-1-4-10(5-2-8)22-15(18)19/h1-7,15H. The van der Waals surface area contributed by atoms with E-state index in [1.165, 1.54) is 12.1 Å². The van der Waals surface area contributed by atoms with Gasteiger partial charge in [-0.3, -0.25) is 0 Å². The molecule has 0 fully saturated rings. The molecule has 0 atom stereocenters. The molecule has 3 rings (SSSR count). The summed E-state index contributed by atoms with van der Waals surface area (Å²) in [5, 5.41) is 4.75. The fraction of sp³-hybridized carbons (Fsp3) is 0.0667. The Labute approximate surface area is 139 Å². The molecule has 4 nitrogen and oxygen atoms in total. The van der Waals surface area contributed by atoms with Gasteiger partial charge in [-0.25, -0.2) is 0 Å². The van der Waals surface area contributed by atoms with Crippen LogP contribution in [0.3, 0.4) is 0 Å². The van der Waals surface area contributed by atoms with Crippen LogP contribution in [0.4, 0.5) is 8.78 Å². The first-order valence-corrected chi connectivity index (χ1v) is 7.13. The predicted molar refractivity (Wildman–Crippen MR) is 81.8 cm³/mol. The molecule has 23 heavy (non-hydrogen) atoms. The van der Waals surface area contributed by atoms with Crippen molar-refractivity contribution in [1.29, 1.82) is 0 Å². The van der Waals surface area contributed by atoms with Crippen LogP contribution >= 0.6 is 23.2 Å². The summed E-state index contributed by atoms with van der Waals surface area (Å²) in [7, 11) is 0. The minimum atomic E-state index is -2.87. The van der Waals surface area contributed by atoms with Gasteiger partial charge in [-0.1, -0.05) is 28.4 Å². The van der Waals surface area contributed by atoms with E-state index in [-0.39, 0.29) is 11.6 Å². The zero-order valence-electron chi connectivity index (χ0n) is 11.3. The second kappa shape index (κ2) is 6.52. The van der Waals surface area contributed by atoms with Crippen LogP contribution in [0.25, 0.3) is 22.8 Å². The Kier molecular flexibility index (Phi) is 4.45. The Morgan fingerprint density at radius 1 is 1.04 bits per heavy atom. The largest absolute Gasteiger partial charge is 0.435 e. The van der Waals surface area contributed by atoms with Gasteiger partial charge in [0.2, 0.25) is 5.82 Å². The molecule has 2 aromatic carbocycles. The minimum Gasteiger partial charge on any atom is -0.435 e. The predicted octanol–water partition coefficient (Wildman–Crippen LogP) is 5.31. The van der Waals surface area contributed by atoms with Crippen LogP contribution in [0.1, 0.15) is 0 Å². The third kappa shape index (κ3) is 3.60. The van der Waals surface area contributed by atoms with Gasteiger partial charge in [0.05, 0.1) is 5.02 Å². The molecule has 0 spiro atoms. The lowest BCUT2D eigenvalue weighted by molar-refractivity contribution is -0.0498. The third-order valence-electron chi connectivity index (χ3n) is 2.92. The molecule has 118 valence electrons. The quantitative estimate of drug-likeness (QED) is 0.635. The zero-order valence-corrected chi connectivity index (χ0v) is 12.9. The molecule has 0 amide bonds. The van der Waals surface area contributed by atoms with Gasteiger partial charge in [0.1, 0.15) is 5.75 Å². The maximum Gasteiger partial charge on any atom is 0.387 e. The summed E-state index contributed by atoms with van der Waals surface area (Å²) >= 11 is 11.9. The summed E-state index contributed by atoms with van der Waals surface area (Å²) in [6, 6.07) is 10.8. The molecule has 0 saturated heterocycles. The number of hydrogen-bond donors (Lipinski definition) is 0. The van der Waals surface area contributed by atoms with E-state index in [9.17, 15) is 8.78 Å². The van der Waals surface area contributed by atoms with Crippen molar-refractivity contribution >= 4 is 23.2 Å². The first-order chi connectivity index (χ1) is 11.0.